The van der Waals surface area contributed by atoms with Crippen molar-refractivity contribution in [3.8, 4) is 0 Å². The summed E-state index contributed by atoms with van der Waals surface area (Å²) < 4.78 is 0. The second-order valence-corrected chi connectivity index (χ2v) is 5.80. The number of carbonyl (C=O) groups is 1. The number of carbonyl (C=O) groups excluding carboxylic acids is 1. The fraction of sp³-hybridized carbons (Fsp3) is 0.562. The van der Waals surface area contributed by atoms with Crippen LogP contribution in [0, 0.1) is 0 Å². The molecule has 0 spiro atoms. The van der Waals surface area contributed by atoms with Gasteiger partial charge in [-0.05, 0) is 38.4 Å². The number of rotatable bonds is 4. The SMILES string of the molecule is CN1CCCC(N(C)C(=O)C(N)Cc2ccccc2)C1. The van der Waals surface area contributed by atoms with Crippen LogP contribution in [0.4, 0.5) is 0 Å². The van der Waals surface area contributed by atoms with Gasteiger partial charge in [0.25, 0.3) is 0 Å². The van der Waals surface area contributed by atoms with E-state index in [1.165, 1.54) is 0 Å². The number of likely N-dealkylation sites (N-methyl/N-ethyl adjacent to an activating group) is 2. The van der Waals surface area contributed by atoms with Gasteiger partial charge in [-0.3, -0.25) is 4.79 Å². The third-order valence-corrected chi connectivity index (χ3v) is 4.11. The summed E-state index contributed by atoms with van der Waals surface area (Å²) in [6.07, 6.45) is 2.82. The molecule has 1 aliphatic rings. The Bertz CT molecular complexity index is 435. The molecule has 20 heavy (non-hydrogen) atoms. The Balaban J connectivity index is 1.92. The van der Waals surface area contributed by atoms with Crippen LogP contribution in [0.3, 0.4) is 0 Å². The summed E-state index contributed by atoms with van der Waals surface area (Å²) in [7, 11) is 3.99. The van der Waals surface area contributed by atoms with E-state index in [-0.39, 0.29) is 5.91 Å². The molecule has 1 aromatic carbocycles. The van der Waals surface area contributed by atoms with Crippen molar-refractivity contribution in [3.05, 3.63) is 35.9 Å². The molecule has 4 heteroatoms. The highest BCUT2D eigenvalue weighted by atomic mass is 16.2. The Morgan fingerprint density at radius 2 is 2.15 bits per heavy atom. The molecule has 2 N–H and O–H groups in total. The molecule has 1 aliphatic heterocycles. The average molecular weight is 275 g/mol. The van der Waals surface area contributed by atoms with E-state index < -0.39 is 6.04 Å². The first-order valence-corrected chi connectivity index (χ1v) is 7.32. The normalized spacial score (nSPS) is 21.4. The van der Waals surface area contributed by atoms with Gasteiger partial charge in [0.15, 0.2) is 0 Å². The Labute approximate surface area is 121 Å². The van der Waals surface area contributed by atoms with Crippen LogP contribution in [-0.2, 0) is 11.2 Å². The number of amides is 1. The molecule has 0 saturated carbocycles. The van der Waals surface area contributed by atoms with Crippen molar-refractivity contribution >= 4 is 5.91 Å². The lowest BCUT2D eigenvalue weighted by atomic mass is 10.0. The maximum absolute atomic E-state index is 12.4. The highest BCUT2D eigenvalue weighted by Crippen LogP contribution is 2.14. The summed E-state index contributed by atoms with van der Waals surface area (Å²) in [5, 5.41) is 0. The molecule has 1 saturated heterocycles. The maximum Gasteiger partial charge on any atom is 0.239 e. The molecule has 0 bridgehead atoms. The largest absolute Gasteiger partial charge is 0.340 e. The minimum absolute atomic E-state index is 0.0501. The van der Waals surface area contributed by atoms with E-state index in [4.69, 9.17) is 5.73 Å². The molecule has 1 amide bonds. The van der Waals surface area contributed by atoms with Crippen LogP contribution >= 0.6 is 0 Å². The van der Waals surface area contributed by atoms with Gasteiger partial charge in [0.2, 0.25) is 5.91 Å². The summed E-state index contributed by atoms with van der Waals surface area (Å²) in [5.74, 6) is 0.0501. The maximum atomic E-state index is 12.4. The Morgan fingerprint density at radius 1 is 1.45 bits per heavy atom. The number of likely N-dealkylation sites (tertiary alicyclic amines) is 1. The first kappa shape index (κ1) is 15.0. The third kappa shape index (κ3) is 3.81. The van der Waals surface area contributed by atoms with Crippen LogP contribution in [0.5, 0.6) is 0 Å². The van der Waals surface area contributed by atoms with E-state index in [0.29, 0.717) is 12.5 Å². The summed E-state index contributed by atoms with van der Waals surface area (Å²) in [4.78, 5) is 16.6. The molecule has 4 nitrogen and oxygen atoms in total. The highest BCUT2D eigenvalue weighted by molar-refractivity contribution is 5.82. The van der Waals surface area contributed by atoms with E-state index in [1.54, 1.807) is 0 Å². The molecule has 110 valence electrons. The minimum Gasteiger partial charge on any atom is -0.340 e. The van der Waals surface area contributed by atoms with Crippen LogP contribution < -0.4 is 5.73 Å². The predicted molar refractivity (Wildman–Crippen MR) is 81.4 cm³/mol. The zero-order chi connectivity index (χ0) is 14.5. The van der Waals surface area contributed by atoms with Gasteiger partial charge in [-0.25, -0.2) is 0 Å². The number of nitrogens with zero attached hydrogens (tertiary/aromatic N) is 2. The molecule has 1 aromatic rings. The van der Waals surface area contributed by atoms with Gasteiger partial charge >= 0.3 is 0 Å². The zero-order valence-corrected chi connectivity index (χ0v) is 12.5. The molecule has 2 atom stereocenters. The van der Waals surface area contributed by atoms with Crippen molar-refractivity contribution in [3.63, 3.8) is 0 Å². The van der Waals surface area contributed by atoms with Crippen molar-refractivity contribution in [1.29, 1.82) is 0 Å². The predicted octanol–water partition coefficient (Wildman–Crippen LogP) is 1.11. The number of piperidine rings is 1. The summed E-state index contributed by atoms with van der Waals surface area (Å²) in [6.45, 7) is 2.06. The van der Waals surface area contributed by atoms with E-state index in [0.717, 1.165) is 31.5 Å². The number of hydrogen-bond acceptors (Lipinski definition) is 3. The van der Waals surface area contributed by atoms with Crippen molar-refractivity contribution in [2.45, 2.75) is 31.3 Å². The second kappa shape index (κ2) is 6.86. The molecule has 1 heterocycles. The average Bonchev–Trinajstić information content (AvgIpc) is 2.46. The van der Waals surface area contributed by atoms with Crippen LogP contribution in [0.15, 0.2) is 30.3 Å². The molecule has 0 radical (unpaired) electrons. The fourth-order valence-electron chi connectivity index (χ4n) is 2.85. The lowest BCUT2D eigenvalue weighted by Crippen LogP contribution is -2.52. The molecular weight excluding hydrogens is 250 g/mol. The van der Waals surface area contributed by atoms with Crippen molar-refractivity contribution < 1.29 is 4.79 Å². The number of benzene rings is 1. The van der Waals surface area contributed by atoms with E-state index in [1.807, 2.05) is 42.3 Å². The first-order valence-electron chi connectivity index (χ1n) is 7.32. The molecule has 0 aliphatic carbocycles. The van der Waals surface area contributed by atoms with Crippen LogP contribution in [0.2, 0.25) is 0 Å². The molecule has 1 fully saturated rings. The van der Waals surface area contributed by atoms with Crippen molar-refractivity contribution in [2.24, 2.45) is 5.73 Å². The first-order chi connectivity index (χ1) is 9.58. The topological polar surface area (TPSA) is 49.6 Å². The minimum atomic E-state index is -0.449. The van der Waals surface area contributed by atoms with E-state index in [2.05, 4.69) is 11.9 Å². The quantitative estimate of drug-likeness (QED) is 0.895. The third-order valence-electron chi connectivity index (χ3n) is 4.11. The standard InChI is InChI=1S/C16H25N3O/c1-18-10-6-9-14(12-18)19(2)16(20)15(17)11-13-7-4-3-5-8-13/h3-5,7-8,14-15H,6,9-12,17H2,1-2H3. The van der Waals surface area contributed by atoms with Gasteiger partial charge in [0, 0.05) is 19.6 Å². The molecule has 0 aromatic heterocycles. The van der Waals surface area contributed by atoms with Gasteiger partial charge < -0.3 is 15.5 Å². The van der Waals surface area contributed by atoms with Gasteiger partial charge in [-0.15, -0.1) is 0 Å². The van der Waals surface area contributed by atoms with Crippen LogP contribution in [-0.4, -0.2) is 55.0 Å². The highest BCUT2D eigenvalue weighted by Gasteiger charge is 2.27. The second-order valence-electron chi connectivity index (χ2n) is 5.80. The Kier molecular flexibility index (Phi) is 5.15. The Hall–Kier alpha value is -1.39. The summed E-state index contributed by atoms with van der Waals surface area (Å²) >= 11 is 0. The smallest absolute Gasteiger partial charge is 0.239 e. The van der Waals surface area contributed by atoms with Crippen molar-refractivity contribution in [1.82, 2.24) is 9.80 Å². The fourth-order valence-corrected chi connectivity index (χ4v) is 2.85. The summed E-state index contributed by atoms with van der Waals surface area (Å²) in [5.41, 5.74) is 7.20. The Morgan fingerprint density at radius 3 is 2.80 bits per heavy atom. The number of hydrogen-bond donors (Lipinski definition) is 1. The van der Waals surface area contributed by atoms with Gasteiger partial charge in [-0.2, -0.15) is 0 Å². The van der Waals surface area contributed by atoms with Gasteiger partial charge in [0.1, 0.15) is 0 Å². The molecular formula is C16H25N3O. The van der Waals surface area contributed by atoms with Crippen molar-refractivity contribution in [2.75, 3.05) is 27.2 Å². The lowest BCUT2D eigenvalue weighted by molar-refractivity contribution is -0.134. The van der Waals surface area contributed by atoms with E-state index in [9.17, 15) is 4.79 Å². The summed E-state index contributed by atoms with van der Waals surface area (Å²) in [6, 6.07) is 9.81. The lowest BCUT2D eigenvalue weighted by Gasteiger charge is -2.36. The van der Waals surface area contributed by atoms with Crippen LogP contribution in [0.1, 0.15) is 18.4 Å². The van der Waals surface area contributed by atoms with E-state index >= 15 is 0 Å². The molecule has 2 rings (SSSR count). The zero-order valence-electron chi connectivity index (χ0n) is 12.5. The van der Waals surface area contributed by atoms with Crippen LogP contribution in [0.25, 0.3) is 0 Å². The van der Waals surface area contributed by atoms with Gasteiger partial charge in [0.05, 0.1) is 6.04 Å². The number of nitrogens with two attached hydrogens (primary N) is 1. The monoisotopic (exact) mass is 275 g/mol. The van der Waals surface area contributed by atoms with Gasteiger partial charge in [-0.1, -0.05) is 30.3 Å². The molecule has 2 unspecified atom stereocenters.